The molecule has 0 amide bonds. The van der Waals surface area contributed by atoms with Crippen LogP contribution in [0.5, 0.6) is 0 Å². The van der Waals surface area contributed by atoms with Crippen LogP contribution in [0.25, 0.3) is 0 Å². The van der Waals surface area contributed by atoms with Gasteiger partial charge in [-0.05, 0) is 18.9 Å². The number of carbonyl (C=O) groups excluding carboxylic acids is 2. The number of halogens is 2. The molecule has 0 fully saturated rings. The highest BCUT2D eigenvalue weighted by Gasteiger charge is 2.59. The second-order valence-corrected chi connectivity index (χ2v) is 5.07. The van der Waals surface area contributed by atoms with Crippen molar-refractivity contribution >= 4 is 11.8 Å². The number of fused-ring (bicyclic) bond motifs is 1. The largest absolute Gasteiger partial charge is 0.465 e. The molecule has 0 spiro atoms. The Morgan fingerprint density at radius 3 is 2.75 bits per heavy atom. The van der Waals surface area contributed by atoms with Crippen LogP contribution in [0, 0.1) is 12.3 Å². The maximum atomic E-state index is 13.5. The predicted molar refractivity (Wildman–Crippen MR) is 68.9 cm³/mol. The Morgan fingerprint density at radius 1 is 1.45 bits per heavy atom. The first kappa shape index (κ1) is 14.6. The van der Waals surface area contributed by atoms with E-state index in [4.69, 9.17) is 4.74 Å². The van der Waals surface area contributed by atoms with E-state index in [-0.39, 0.29) is 18.6 Å². The van der Waals surface area contributed by atoms with Crippen molar-refractivity contribution in [1.29, 1.82) is 0 Å². The molecule has 108 valence electrons. The minimum atomic E-state index is -3.08. The zero-order valence-electron chi connectivity index (χ0n) is 11.4. The van der Waals surface area contributed by atoms with Gasteiger partial charge in [-0.1, -0.05) is 30.7 Å². The smallest absolute Gasteiger partial charge is 0.326 e. The van der Waals surface area contributed by atoms with Gasteiger partial charge in [0.05, 0.1) is 6.61 Å². The Morgan fingerprint density at radius 2 is 2.15 bits per heavy atom. The van der Waals surface area contributed by atoms with E-state index in [1.807, 2.05) is 6.92 Å². The third-order valence-corrected chi connectivity index (χ3v) is 3.55. The van der Waals surface area contributed by atoms with Gasteiger partial charge in [-0.25, -0.2) is 8.78 Å². The van der Waals surface area contributed by atoms with Gasteiger partial charge in [0, 0.05) is 12.0 Å². The molecule has 1 atom stereocenters. The highest BCUT2D eigenvalue weighted by atomic mass is 19.3. The van der Waals surface area contributed by atoms with Crippen LogP contribution >= 0.6 is 0 Å². The summed E-state index contributed by atoms with van der Waals surface area (Å²) in [6, 6.07) is 4.85. The zero-order valence-corrected chi connectivity index (χ0v) is 11.4. The highest BCUT2D eigenvalue weighted by Crippen LogP contribution is 2.43. The topological polar surface area (TPSA) is 43.4 Å². The lowest BCUT2D eigenvalue weighted by atomic mass is 9.84. The number of alkyl halides is 2. The second kappa shape index (κ2) is 5.31. The van der Waals surface area contributed by atoms with E-state index in [2.05, 4.69) is 0 Å². The molecule has 1 unspecified atom stereocenters. The van der Waals surface area contributed by atoms with Gasteiger partial charge in [0.15, 0.2) is 11.2 Å². The number of hydrogen-bond acceptors (Lipinski definition) is 3. The maximum absolute atomic E-state index is 13.5. The number of carbonyl (C=O) groups is 2. The molecule has 2 rings (SSSR count). The lowest BCUT2D eigenvalue weighted by Crippen LogP contribution is -2.45. The number of rotatable bonds is 4. The van der Waals surface area contributed by atoms with Crippen LogP contribution in [0.1, 0.15) is 34.8 Å². The Kier molecular flexibility index (Phi) is 3.88. The molecule has 0 heterocycles. The molecule has 0 radical (unpaired) electrons. The van der Waals surface area contributed by atoms with Gasteiger partial charge < -0.3 is 4.74 Å². The van der Waals surface area contributed by atoms with Gasteiger partial charge in [-0.2, -0.15) is 0 Å². The van der Waals surface area contributed by atoms with Gasteiger partial charge in [-0.15, -0.1) is 0 Å². The Balaban J connectivity index is 2.42. The molecule has 3 nitrogen and oxygen atoms in total. The normalized spacial score (nSPS) is 21.1. The van der Waals surface area contributed by atoms with Crippen LogP contribution in [-0.2, 0) is 16.0 Å². The fourth-order valence-electron chi connectivity index (χ4n) is 2.47. The summed E-state index contributed by atoms with van der Waals surface area (Å²) in [6.07, 6.45) is -2.85. The third-order valence-electron chi connectivity index (χ3n) is 3.55. The van der Waals surface area contributed by atoms with Crippen molar-refractivity contribution in [3.8, 4) is 0 Å². The number of Topliss-reactive ketones (excluding diaryl/α,β-unsaturated/α-hetero) is 1. The van der Waals surface area contributed by atoms with E-state index in [1.54, 1.807) is 19.1 Å². The first-order valence-corrected chi connectivity index (χ1v) is 6.53. The number of esters is 1. The fourth-order valence-corrected chi connectivity index (χ4v) is 2.47. The maximum Gasteiger partial charge on any atom is 0.326 e. The van der Waals surface area contributed by atoms with Crippen molar-refractivity contribution in [2.45, 2.75) is 33.1 Å². The Hall–Kier alpha value is -1.78. The molecule has 0 saturated carbocycles. The molecule has 1 aromatic rings. The summed E-state index contributed by atoms with van der Waals surface area (Å²) in [5, 5.41) is 0. The number of ether oxygens (including phenoxy) is 1. The van der Waals surface area contributed by atoms with Gasteiger partial charge in [-0.3, -0.25) is 9.59 Å². The summed E-state index contributed by atoms with van der Waals surface area (Å²) < 4.78 is 31.8. The standard InChI is InChI=1S/C15H16F2O3/c1-3-6-20-14(19)15(13(16)17)8-10-7-9(2)4-5-11(10)12(15)18/h4-5,7,13H,3,6,8H2,1-2H3. The Labute approximate surface area is 115 Å². The van der Waals surface area contributed by atoms with Crippen molar-refractivity contribution < 1.29 is 23.1 Å². The molecule has 0 aromatic heterocycles. The zero-order chi connectivity index (χ0) is 14.9. The summed E-state index contributed by atoms with van der Waals surface area (Å²) in [5.74, 6) is -1.95. The minimum Gasteiger partial charge on any atom is -0.465 e. The summed E-state index contributed by atoms with van der Waals surface area (Å²) in [6.45, 7) is 3.61. The first-order chi connectivity index (χ1) is 9.43. The van der Waals surface area contributed by atoms with Crippen LogP contribution in [0.15, 0.2) is 18.2 Å². The molecule has 0 N–H and O–H groups in total. The fraction of sp³-hybridized carbons (Fsp3) is 0.467. The van der Waals surface area contributed by atoms with Crippen molar-refractivity contribution in [2.24, 2.45) is 5.41 Å². The average Bonchev–Trinajstić information content (AvgIpc) is 2.69. The first-order valence-electron chi connectivity index (χ1n) is 6.53. The van der Waals surface area contributed by atoms with E-state index < -0.39 is 23.6 Å². The van der Waals surface area contributed by atoms with Crippen LogP contribution in [0.3, 0.4) is 0 Å². The molecule has 1 aliphatic carbocycles. The summed E-state index contributed by atoms with van der Waals surface area (Å²) in [4.78, 5) is 24.3. The van der Waals surface area contributed by atoms with Crippen LogP contribution in [0.2, 0.25) is 0 Å². The SMILES string of the molecule is CCCOC(=O)C1(C(F)F)Cc2cc(C)ccc2C1=O. The Bertz CT molecular complexity index is 554. The molecule has 5 heteroatoms. The molecule has 0 bridgehead atoms. The van der Waals surface area contributed by atoms with Gasteiger partial charge in [0.25, 0.3) is 6.43 Å². The summed E-state index contributed by atoms with van der Waals surface area (Å²) >= 11 is 0. The molecular formula is C15H16F2O3. The lowest BCUT2D eigenvalue weighted by Gasteiger charge is -2.23. The van der Waals surface area contributed by atoms with Crippen molar-refractivity contribution in [2.75, 3.05) is 6.61 Å². The highest BCUT2D eigenvalue weighted by molar-refractivity contribution is 6.16. The van der Waals surface area contributed by atoms with Crippen LogP contribution in [0.4, 0.5) is 8.78 Å². The number of ketones is 1. The third kappa shape index (κ3) is 2.11. The minimum absolute atomic E-state index is 0.0377. The van der Waals surface area contributed by atoms with Gasteiger partial charge in [0.1, 0.15) is 0 Å². The van der Waals surface area contributed by atoms with E-state index >= 15 is 0 Å². The van der Waals surface area contributed by atoms with E-state index in [0.29, 0.717) is 12.0 Å². The molecule has 20 heavy (non-hydrogen) atoms. The number of aryl methyl sites for hydroxylation is 1. The van der Waals surface area contributed by atoms with Crippen LogP contribution in [-0.4, -0.2) is 24.8 Å². The van der Waals surface area contributed by atoms with Crippen molar-refractivity contribution in [1.82, 2.24) is 0 Å². The molecule has 1 aliphatic rings. The van der Waals surface area contributed by atoms with E-state index in [1.165, 1.54) is 6.07 Å². The molecule has 1 aromatic carbocycles. The molecule has 0 aliphatic heterocycles. The quantitative estimate of drug-likeness (QED) is 0.630. The number of benzene rings is 1. The van der Waals surface area contributed by atoms with Crippen LogP contribution < -0.4 is 0 Å². The van der Waals surface area contributed by atoms with Gasteiger partial charge in [0.2, 0.25) is 0 Å². The summed E-state index contributed by atoms with van der Waals surface area (Å²) in [5.41, 5.74) is -0.817. The predicted octanol–water partition coefficient (Wildman–Crippen LogP) is 2.94. The van der Waals surface area contributed by atoms with Crippen molar-refractivity contribution in [3.63, 3.8) is 0 Å². The second-order valence-electron chi connectivity index (χ2n) is 5.07. The van der Waals surface area contributed by atoms with Crippen molar-refractivity contribution in [3.05, 3.63) is 34.9 Å². The van der Waals surface area contributed by atoms with E-state index in [9.17, 15) is 18.4 Å². The van der Waals surface area contributed by atoms with E-state index in [0.717, 1.165) is 5.56 Å². The summed E-state index contributed by atoms with van der Waals surface area (Å²) in [7, 11) is 0. The lowest BCUT2D eigenvalue weighted by molar-refractivity contribution is -0.160. The van der Waals surface area contributed by atoms with Gasteiger partial charge >= 0.3 is 5.97 Å². The average molecular weight is 282 g/mol. The molecule has 0 saturated heterocycles. The number of hydrogen-bond donors (Lipinski definition) is 0. The molecular weight excluding hydrogens is 266 g/mol. The monoisotopic (exact) mass is 282 g/mol.